The summed E-state index contributed by atoms with van der Waals surface area (Å²) in [7, 11) is -3.87. The fourth-order valence-electron chi connectivity index (χ4n) is 2.72. The van der Waals surface area contributed by atoms with Crippen LogP contribution >= 0.6 is 0 Å². The molecule has 28 heavy (non-hydrogen) atoms. The van der Waals surface area contributed by atoms with Crippen molar-refractivity contribution in [1.29, 1.82) is 0 Å². The lowest BCUT2D eigenvalue weighted by atomic mass is 10.3. The molecular weight excluding hydrogens is 382 g/mol. The summed E-state index contributed by atoms with van der Waals surface area (Å²) in [4.78, 5) is 33.1. The van der Waals surface area contributed by atoms with Gasteiger partial charge in [0, 0.05) is 29.7 Å². The van der Waals surface area contributed by atoms with Gasteiger partial charge in [-0.15, -0.1) is 0 Å². The fourth-order valence-corrected chi connectivity index (χ4v) is 3.67. The van der Waals surface area contributed by atoms with Crippen molar-refractivity contribution in [2.75, 3.05) is 16.6 Å². The van der Waals surface area contributed by atoms with Crippen LogP contribution in [0.3, 0.4) is 0 Å². The van der Waals surface area contributed by atoms with Gasteiger partial charge in [-0.1, -0.05) is 0 Å². The van der Waals surface area contributed by atoms with Gasteiger partial charge in [0.2, 0.25) is 5.95 Å². The molecule has 1 aliphatic heterocycles. The van der Waals surface area contributed by atoms with Crippen molar-refractivity contribution >= 4 is 33.5 Å². The third-order valence-electron chi connectivity index (χ3n) is 3.98. The zero-order chi connectivity index (χ0) is 20.5. The number of nitrogens with zero attached hydrogens (tertiary/aromatic N) is 3. The summed E-state index contributed by atoms with van der Waals surface area (Å²) in [6, 6.07) is 7.51. The quantitative estimate of drug-likeness (QED) is 0.705. The van der Waals surface area contributed by atoms with E-state index in [2.05, 4.69) is 20.0 Å². The van der Waals surface area contributed by atoms with E-state index in [9.17, 15) is 18.0 Å². The molecule has 0 saturated heterocycles. The summed E-state index contributed by atoms with van der Waals surface area (Å²) in [5.41, 5.74) is 1.92. The summed E-state index contributed by atoms with van der Waals surface area (Å²) in [6.07, 6.45) is 1.22. The van der Waals surface area contributed by atoms with Crippen molar-refractivity contribution in [2.24, 2.45) is 0 Å². The van der Waals surface area contributed by atoms with Crippen molar-refractivity contribution in [3.8, 4) is 0 Å². The molecule has 0 fully saturated rings. The number of amides is 2. The first-order chi connectivity index (χ1) is 13.2. The Morgan fingerprint density at radius 3 is 2.18 bits per heavy atom. The van der Waals surface area contributed by atoms with E-state index in [1.807, 2.05) is 0 Å². The van der Waals surface area contributed by atoms with Gasteiger partial charge in [-0.2, -0.15) is 0 Å². The number of aromatic nitrogens is 2. The predicted molar refractivity (Wildman–Crippen MR) is 103 cm³/mol. The summed E-state index contributed by atoms with van der Waals surface area (Å²) in [6.45, 7) is 5.48. The van der Waals surface area contributed by atoms with Crippen molar-refractivity contribution < 1.29 is 18.0 Å². The lowest BCUT2D eigenvalue weighted by Crippen LogP contribution is -2.31. The Kier molecular flexibility index (Phi) is 5.14. The van der Waals surface area contributed by atoms with E-state index in [0.29, 0.717) is 17.1 Å². The first-order valence-corrected chi connectivity index (χ1v) is 9.97. The van der Waals surface area contributed by atoms with E-state index in [1.165, 1.54) is 30.3 Å². The van der Waals surface area contributed by atoms with E-state index in [0.717, 1.165) is 4.90 Å². The van der Waals surface area contributed by atoms with Gasteiger partial charge >= 0.3 is 0 Å². The lowest BCUT2D eigenvalue weighted by Gasteiger charge is -2.12. The number of hydrogen-bond acceptors (Lipinski definition) is 7. The van der Waals surface area contributed by atoms with Crippen molar-refractivity contribution in [3.05, 3.63) is 53.5 Å². The molecule has 10 heteroatoms. The second kappa shape index (κ2) is 7.39. The van der Waals surface area contributed by atoms with Crippen LogP contribution in [0.2, 0.25) is 0 Å². The standard InChI is InChI=1S/C18H19N5O4S/c1-4-23-16(24)10-15(17(23)25)21-13-5-7-14(8-6-13)28(26,27)22-18-19-11(2)9-12(3)20-18/h5-10,21H,4H2,1-3H3,(H,19,20,22). The molecule has 9 nitrogen and oxygen atoms in total. The second-order valence-corrected chi connectivity index (χ2v) is 7.86. The third-order valence-corrected chi connectivity index (χ3v) is 5.32. The molecule has 1 aromatic carbocycles. The summed E-state index contributed by atoms with van der Waals surface area (Å²) >= 11 is 0. The molecule has 2 aromatic rings. The minimum atomic E-state index is -3.87. The molecule has 2 heterocycles. The highest BCUT2D eigenvalue weighted by atomic mass is 32.2. The SMILES string of the molecule is CCN1C(=O)C=C(Nc2ccc(S(=O)(=O)Nc3nc(C)cc(C)n3)cc2)C1=O. The Morgan fingerprint density at radius 2 is 1.64 bits per heavy atom. The zero-order valence-corrected chi connectivity index (χ0v) is 16.4. The smallest absolute Gasteiger partial charge is 0.277 e. The maximum absolute atomic E-state index is 12.5. The topological polar surface area (TPSA) is 121 Å². The summed E-state index contributed by atoms with van der Waals surface area (Å²) in [5, 5.41) is 2.84. The first-order valence-electron chi connectivity index (χ1n) is 8.49. The molecule has 146 valence electrons. The van der Waals surface area contributed by atoms with Crippen molar-refractivity contribution in [2.45, 2.75) is 25.7 Å². The molecule has 2 amide bonds. The van der Waals surface area contributed by atoms with E-state index < -0.39 is 15.9 Å². The third kappa shape index (κ3) is 4.01. The predicted octanol–water partition coefficient (Wildman–Crippen LogP) is 1.58. The first kappa shape index (κ1) is 19.5. The summed E-state index contributed by atoms with van der Waals surface area (Å²) < 4.78 is 27.4. The number of likely N-dealkylation sites (N-methyl/N-ethyl adjacent to an activating group) is 1. The Bertz CT molecular complexity index is 1060. The number of aryl methyl sites for hydroxylation is 2. The molecule has 1 aliphatic rings. The normalized spacial score (nSPS) is 14.2. The Morgan fingerprint density at radius 1 is 1.04 bits per heavy atom. The van der Waals surface area contributed by atoms with Gasteiger partial charge in [0.15, 0.2) is 0 Å². The molecule has 0 spiro atoms. The molecule has 0 aliphatic carbocycles. The van der Waals surface area contributed by atoms with Crippen LogP contribution < -0.4 is 10.0 Å². The van der Waals surface area contributed by atoms with Gasteiger partial charge in [0.05, 0.1) is 4.90 Å². The van der Waals surface area contributed by atoms with Crippen molar-refractivity contribution in [3.63, 3.8) is 0 Å². The Labute approximate surface area is 162 Å². The van der Waals surface area contributed by atoms with Gasteiger partial charge in [0.25, 0.3) is 21.8 Å². The van der Waals surface area contributed by atoms with Crippen LogP contribution in [0.4, 0.5) is 11.6 Å². The average molecular weight is 401 g/mol. The molecular formula is C18H19N5O4S. The zero-order valence-electron chi connectivity index (χ0n) is 15.6. The number of hydrogen-bond donors (Lipinski definition) is 2. The second-order valence-electron chi connectivity index (χ2n) is 6.17. The van der Waals surface area contributed by atoms with Gasteiger partial charge in [-0.3, -0.25) is 14.5 Å². The number of benzene rings is 1. The van der Waals surface area contributed by atoms with E-state index in [-0.39, 0.29) is 29.0 Å². The highest BCUT2D eigenvalue weighted by Gasteiger charge is 2.29. The van der Waals surface area contributed by atoms with Gasteiger partial charge in [-0.05, 0) is 51.1 Å². The van der Waals surface area contributed by atoms with Crippen LogP contribution in [0.15, 0.2) is 47.0 Å². The van der Waals surface area contributed by atoms with Crippen LogP contribution in [0, 0.1) is 13.8 Å². The minimum Gasteiger partial charge on any atom is -0.351 e. The maximum atomic E-state index is 12.5. The van der Waals surface area contributed by atoms with E-state index >= 15 is 0 Å². The van der Waals surface area contributed by atoms with E-state index in [4.69, 9.17) is 0 Å². The fraction of sp³-hybridized carbons (Fsp3) is 0.222. The molecule has 0 unspecified atom stereocenters. The summed E-state index contributed by atoms with van der Waals surface area (Å²) in [5.74, 6) is -0.802. The molecule has 0 radical (unpaired) electrons. The van der Waals surface area contributed by atoms with Crippen LogP contribution in [-0.2, 0) is 19.6 Å². The van der Waals surface area contributed by atoms with Crippen LogP contribution in [0.25, 0.3) is 0 Å². The van der Waals surface area contributed by atoms with Crippen LogP contribution in [0.1, 0.15) is 18.3 Å². The number of sulfonamides is 1. The number of carbonyl (C=O) groups is 2. The van der Waals surface area contributed by atoms with Gasteiger partial charge < -0.3 is 5.32 Å². The molecule has 3 rings (SSSR count). The maximum Gasteiger partial charge on any atom is 0.277 e. The Balaban J connectivity index is 1.76. The van der Waals surface area contributed by atoms with Gasteiger partial charge in [-0.25, -0.2) is 23.1 Å². The number of nitrogens with one attached hydrogen (secondary N) is 2. The number of anilines is 2. The van der Waals surface area contributed by atoms with Crippen LogP contribution in [-0.4, -0.2) is 41.6 Å². The van der Waals surface area contributed by atoms with Crippen LogP contribution in [0.5, 0.6) is 0 Å². The van der Waals surface area contributed by atoms with E-state index in [1.54, 1.807) is 26.8 Å². The lowest BCUT2D eigenvalue weighted by molar-refractivity contribution is -0.136. The minimum absolute atomic E-state index is 0.000390. The molecule has 0 atom stereocenters. The largest absolute Gasteiger partial charge is 0.351 e. The molecule has 0 bridgehead atoms. The monoisotopic (exact) mass is 401 g/mol. The Hall–Kier alpha value is -3.27. The highest BCUT2D eigenvalue weighted by molar-refractivity contribution is 7.92. The van der Waals surface area contributed by atoms with Gasteiger partial charge in [0.1, 0.15) is 5.70 Å². The molecule has 2 N–H and O–H groups in total. The highest BCUT2D eigenvalue weighted by Crippen LogP contribution is 2.20. The number of imide groups is 1. The molecule has 1 aromatic heterocycles. The number of carbonyl (C=O) groups excluding carboxylic acids is 2. The molecule has 0 saturated carbocycles. The number of rotatable bonds is 6. The van der Waals surface area contributed by atoms with Crippen molar-refractivity contribution in [1.82, 2.24) is 14.9 Å². The average Bonchev–Trinajstić information content (AvgIpc) is 2.87.